The predicted molar refractivity (Wildman–Crippen MR) is 191 cm³/mol. The zero-order chi connectivity index (χ0) is 33.9. The molecule has 2 aromatic carbocycles. The smallest absolute Gasteiger partial charge is 0.253 e. The maximum absolute atomic E-state index is 14.0. The fourth-order valence-electron chi connectivity index (χ4n) is 6.39. The fraction of sp³-hybridized carbons (Fsp3) is 0.471. The van der Waals surface area contributed by atoms with Crippen molar-refractivity contribution in [3.63, 3.8) is 0 Å². The van der Waals surface area contributed by atoms with Gasteiger partial charge in [0, 0.05) is 67.9 Å². The molecule has 2 aliphatic rings. The van der Waals surface area contributed by atoms with Gasteiger partial charge in [-0.25, -0.2) is 0 Å². The summed E-state index contributed by atoms with van der Waals surface area (Å²) in [6.45, 7) is 10.6. The van der Waals surface area contributed by atoms with Gasteiger partial charge in [-0.15, -0.1) is 5.11 Å². The highest BCUT2D eigenvalue weighted by molar-refractivity contribution is 6.67. The standard InChI is InChI=1S/C34H39B5N4O4/c1-21-16-22(2)41-32(45)29(21)19-40-31(44)28-17-26(25-6-4-24(5-7-25)20-42-10-14-47-15-11-42)18-30(23(28)3)43(27-8-12-46-13-9-27)34(38,39)33(35,36)37/h4-7,16-18,27H,8-15,19-20H2,1-3H3,(H,40,44)(H,41,45). The number of H-pyrrole nitrogens is 1. The minimum Gasteiger partial charge on any atom is -0.381 e. The maximum Gasteiger partial charge on any atom is 0.253 e. The lowest BCUT2D eigenvalue weighted by atomic mass is 9.26. The molecule has 3 heterocycles. The summed E-state index contributed by atoms with van der Waals surface area (Å²) in [5, 5.41) is -0.946. The van der Waals surface area contributed by atoms with Crippen molar-refractivity contribution in [1.29, 1.82) is 0 Å². The maximum atomic E-state index is 14.0. The highest BCUT2D eigenvalue weighted by atomic mass is 16.5. The molecule has 2 saturated heterocycles. The van der Waals surface area contributed by atoms with Crippen molar-refractivity contribution >= 4 is 50.8 Å². The summed E-state index contributed by atoms with van der Waals surface area (Å²) < 4.78 is 11.1. The van der Waals surface area contributed by atoms with E-state index < -0.39 is 10.5 Å². The molecular weight excluding hydrogens is 582 g/mol. The number of hydrogen-bond acceptors (Lipinski definition) is 6. The number of nitrogens with one attached hydrogen (secondary N) is 2. The largest absolute Gasteiger partial charge is 0.381 e. The third kappa shape index (κ3) is 7.95. The van der Waals surface area contributed by atoms with Crippen LogP contribution in [0.5, 0.6) is 0 Å². The monoisotopic (exact) mass is 622 g/mol. The first-order valence-electron chi connectivity index (χ1n) is 16.1. The summed E-state index contributed by atoms with van der Waals surface area (Å²) in [6, 6.07) is 13.7. The van der Waals surface area contributed by atoms with Crippen molar-refractivity contribution in [2.75, 3.05) is 44.4 Å². The van der Waals surface area contributed by atoms with Gasteiger partial charge in [0.2, 0.25) is 0 Å². The number of anilines is 1. The first kappa shape index (κ1) is 35.2. The van der Waals surface area contributed by atoms with Gasteiger partial charge in [0.25, 0.3) is 11.5 Å². The van der Waals surface area contributed by atoms with E-state index in [1.165, 1.54) is 5.56 Å². The molecule has 0 bridgehead atoms. The van der Waals surface area contributed by atoms with Crippen molar-refractivity contribution in [2.45, 2.75) is 63.2 Å². The topological polar surface area (TPSA) is 86.9 Å². The van der Waals surface area contributed by atoms with E-state index in [9.17, 15) is 9.59 Å². The minimum atomic E-state index is -2.00. The van der Waals surface area contributed by atoms with Crippen LogP contribution in [0.3, 0.4) is 0 Å². The Morgan fingerprint density at radius 2 is 1.57 bits per heavy atom. The van der Waals surface area contributed by atoms with E-state index in [0.29, 0.717) is 48.4 Å². The van der Waals surface area contributed by atoms with Crippen LogP contribution in [0.1, 0.15) is 51.1 Å². The molecule has 10 radical (unpaired) electrons. The summed E-state index contributed by atoms with van der Waals surface area (Å²) in [7, 11) is 32.0. The van der Waals surface area contributed by atoms with Crippen LogP contribution >= 0.6 is 0 Å². The lowest BCUT2D eigenvalue weighted by Crippen LogP contribution is -2.63. The number of hydrogen-bond donors (Lipinski definition) is 2. The van der Waals surface area contributed by atoms with Crippen molar-refractivity contribution in [1.82, 2.24) is 15.2 Å². The van der Waals surface area contributed by atoms with Crippen LogP contribution in [0.25, 0.3) is 11.1 Å². The molecule has 0 saturated carbocycles. The molecule has 0 aliphatic carbocycles. The second kappa shape index (κ2) is 14.5. The highest BCUT2D eigenvalue weighted by Crippen LogP contribution is 2.41. The predicted octanol–water partition coefficient (Wildman–Crippen LogP) is 2.28. The number of morpholine rings is 1. The van der Waals surface area contributed by atoms with Gasteiger partial charge in [0.1, 0.15) is 0 Å². The number of aromatic amines is 1. The summed E-state index contributed by atoms with van der Waals surface area (Å²) in [5.74, 6) is -0.361. The zero-order valence-corrected chi connectivity index (χ0v) is 27.6. The number of carbonyl (C=O) groups excluding carboxylic acids is 1. The van der Waals surface area contributed by atoms with Gasteiger partial charge in [0.15, 0.2) is 0 Å². The van der Waals surface area contributed by atoms with Crippen LogP contribution in [0.4, 0.5) is 5.69 Å². The van der Waals surface area contributed by atoms with E-state index in [0.717, 1.165) is 55.2 Å². The number of carbonyl (C=O) groups is 1. The van der Waals surface area contributed by atoms with Crippen molar-refractivity contribution in [3.8, 4) is 11.1 Å². The second-order valence-corrected chi connectivity index (χ2v) is 12.9. The molecule has 234 valence electrons. The normalized spacial score (nSPS) is 16.6. The minimum absolute atomic E-state index is 0.0500. The van der Waals surface area contributed by atoms with E-state index in [1.807, 2.05) is 51.1 Å². The van der Waals surface area contributed by atoms with Gasteiger partial charge in [-0.3, -0.25) is 14.5 Å². The molecular formula is C34H39B5N4O4. The quantitative estimate of drug-likeness (QED) is 0.338. The Morgan fingerprint density at radius 3 is 2.19 bits per heavy atom. The zero-order valence-electron chi connectivity index (χ0n) is 27.6. The Balaban J connectivity index is 1.57. The Kier molecular flexibility index (Phi) is 10.9. The third-order valence-electron chi connectivity index (χ3n) is 9.25. The van der Waals surface area contributed by atoms with Crippen molar-refractivity contribution in [2.24, 2.45) is 0 Å². The van der Waals surface area contributed by atoms with E-state index in [-0.39, 0.29) is 24.1 Å². The number of aryl methyl sites for hydroxylation is 2. The molecule has 0 unspecified atom stereocenters. The number of benzene rings is 2. The van der Waals surface area contributed by atoms with Gasteiger partial charge in [-0.05, 0) is 79.6 Å². The van der Waals surface area contributed by atoms with E-state index >= 15 is 0 Å². The number of nitrogens with zero attached hydrogens (tertiary/aromatic N) is 2. The van der Waals surface area contributed by atoms with E-state index in [2.05, 4.69) is 27.3 Å². The Labute approximate surface area is 284 Å². The van der Waals surface area contributed by atoms with Gasteiger partial charge in [-0.1, -0.05) is 29.6 Å². The lowest BCUT2D eigenvalue weighted by Gasteiger charge is -2.56. The number of aromatic nitrogens is 1. The molecule has 47 heavy (non-hydrogen) atoms. The Morgan fingerprint density at radius 1 is 0.936 bits per heavy atom. The average molecular weight is 622 g/mol. The van der Waals surface area contributed by atoms with Gasteiger partial charge >= 0.3 is 0 Å². The Hall–Kier alpha value is -3.14. The van der Waals surface area contributed by atoms with Gasteiger partial charge < -0.3 is 24.7 Å². The van der Waals surface area contributed by atoms with E-state index in [1.54, 1.807) is 4.90 Å². The molecule has 1 amide bonds. The second-order valence-electron chi connectivity index (χ2n) is 12.9. The lowest BCUT2D eigenvalue weighted by molar-refractivity contribution is 0.0342. The fourth-order valence-corrected chi connectivity index (χ4v) is 6.39. The van der Waals surface area contributed by atoms with Crippen LogP contribution in [0, 0.1) is 20.8 Å². The molecule has 0 spiro atoms. The summed E-state index contributed by atoms with van der Waals surface area (Å²) >= 11 is 0. The molecule has 2 N–H and O–H groups in total. The van der Waals surface area contributed by atoms with Crippen molar-refractivity contribution < 1.29 is 14.3 Å². The van der Waals surface area contributed by atoms with Crippen LogP contribution in [0.2, 0.25) is 5.11 Å². The summed E-state index contributed by atoms with van der Waals surface area (Å²) in [5.41, 5.74) is 6.21. The number of pyridine rings is 1. The van der Waals surface area contributed by atoms with Crippen LogP contribution < -0.4 is 15.8 Å². The molecule has 3 aromatic rings. The number of amides is 1. The van der Waals surface area contributed by atoms with Gasteiger partial charge in [0.05, 0.1) is 52.4 Å². The van der Waals surface area contributed by atoms with Crippen LogP contribution in [-0.2, 0) is 22.6 Å². The molecule has 2 fully saturated rings. The highest BCUT2D eigenvalue weighted by Gasteiger charge is 2.41. The van der Waals surface area contributed by atoms with Crippen LogP contribution in [-0.4, -0.2) is 106 Å². The third-order valence-corrected chi connectivity index (χ3v) is 9.25. The first-order valence-corrected chi connectivity index (χ1v) is 16.1. The number of rotatable bonds is 10. The molecule has 2 aliphatic heterocycles. The SMILES string of the molecule is [B]C([B])([B])C([B])([B])N(c1cc(-c2ccc(CN3CCOCC3)cc2)cc(C(=O)NCc2c(C)cc(C)[nH]c2=O)c1C)C1CCOCC1. The molecule has 0 atom stereocenters. The first-order chi connectivity index (χ1) is 22.3. The van der Waals surface area contributed by atoms with Gasteiger partial charge in [-0.2, -0.15) is 0 Å². The summed E-state index contributed by atoms with van der Waals surface area (Å²) in [4.78, 5) is 33.6. The average Bonchev–Trinajstić information content (AvgIpc) is 3.02. The summed E-state index contributed by atoms with van der Waals surface area (Å²) in [6.07, 6.45) is 1.20. The van der Waals surface area contributed by atoms with Crippen LogP contribution in [0.15, 0.2) is 47.3 Å². The Bertz CT molecular complexity index is 1630. The number of ether oxygens (including phenoxy) is 2. The van der Waals surface area contributed by atoms with Crippen molar-refractivity contribution in [3.05, 3.63) is 86.3 Å². The molecule has 8 nitrogen and oxygen atoms in total. The van der Waals surface area contributed by atoms with E-state index in [4.69, 9.17) is 48.7 Å². The molecule has 13 heteroatoms. The molecule has 1 aromatic heterocycles. The molecule has 5 rings (SSSR count).